The maximum absolute atomic E-state index is 12.8. The highest BCUT2D eigenvalue weighted by Gasteiger charge is 2.17. The van der Waals surface area contributed by atoms with Crippen LogP contribution in [0, 0.1) is 0 Å². The Hall–Kier alpha value is -2.63. The Morgan fingerprint density at radius 3 is 2.46 bits per heavy atom. The minimum Gasteiger partial charge on any atom is -0.355 e. The van der Waals surface area contributed by atoms with Crippen molar-refractivity contribution in [1.29, 1.82) is 0 Å². The molecule has 0 aliphatic heterocycles. The molecule has 0 aliphatic rings. The second kappa shape index (κ2) is 8.65. The van der Waals surface area contributed by atoms with E-state index in [9.17, 15) is 4.79 Å². The van der Waals surface area contributed by atoms with Crippen LogP contribution in [0.15, 0.2) is 71.4 Å². The summed E-state index contributed by atoms with van der Waals surface area (Å²) in [5.41, 5.74) is 3.61. The number of amides is 1. The molecule has 0 aliphatic carbocycles. The molecule has 3 aromatic rings. The van der Waals surface area contributed by atoms with Crippen LogP contribution in [0.2, 0.25) is 0 Å². The van der Waals surface area contributed by atoms with Gasteiger partial charge in [0.25, 0.3) is 5.91 Å². The zero-order valence-electron chi connectivity index (χ0n) is 15.0. The van der Waals surface area contributed by atoms with Gasteiger partial charge in [-0.25, -0.2) is 0 Å². The third kappa shape index (κ3) is 4.50. The molecule has 1 atom stereocenters. The average Bonchev–Trinajstić information content (AvgIpc) is 3.17. The lowest BCUT2D eigenvalue weighted by molar-refractivity contribution is 0.0943. The van der Waals surface area contributed by atoms with Crippen LogP contribution in [0.5, 0.6) is 0 Å². The number of carbonyl (C=O) groups excluding carboxylic acids is 1. The molecule has 1 amide bonds. The second-order valence-electron chi connectivity index (χ2n) is 6.28. The number of nitrogens with one attached hydrogen (secondary N) is 2. The molecule has 0 saturated carbocycles. The topological polar surface area (TPSA) is 44.4 Å². The fourth-order valence-corrected chi connectivity index (χ4v) is 3.52. The Morgan fingerprint density at radius 1 is 1.04 bits per heavy atom. The normalized spacial score (nSPS) is 12.0. The van der Waals surface area contributed by atoms with Gasteiger partial charge in [0.15, 0.2) is 0 Å². The molecule has 0 spiro atoms. The standard InChI is InChI=1S/C21H23N3OS/c1-24(2)20(16-12-13-26-15-16)14-22-21(25)18-10-6-7-11-19(18)23-17-8-4-3-5-9-17/h3-13,15,20,23H,14H2,1-2H3,(H,22,25). The molecule has 2 N–H and O–H groups in total. The van der Waals surface area contributed by atoms with Gasteiger partial charge in [-0.05, 0) is 60.8 Å². The smallest absolute Gasteiger partial charge is 0.253 e. The summed E-state index contributed by atoms with van der Waals surface area (Å²) in [6.45, 7) is 0.558. The number of likely N-dealkylation sites (N-methyl/N-ethyl adjacent to an activating group) is 1. The van der Waals surface area contributed by atoms with Crippen molar-refractivity contribution in [2.45, 2.75) is 6.04 Å². The third-order valence-electron chi connectivity index (χ3n) is 4.23. The third-order valence-corrected chi connectivity index (χ3v) is 4.93. The Balaban J connectivity index is 1.72. The van der Waals surface area contributed by atoms with Gasteiger partial charge >= 0.3 is 0 Å². The van der Waals surface area contributed by atoms with Crippen molar-refractivity contribution in [3.8, 4) is 0 Å². The van der Waals surface area contributed by atoms with Gasteiger partial charge in [-0.3, -0.25) is 4.79 Å². The Kier molecular flexibility index (Phi) is 6.04. The van der Waals surface area contributed by atoms with Crippen molar-refractivity contribution < 1.29 is 4.79 Å². The Morgan fingerprint density at radius 2 is 1.77 bits per heavy atom. The van der Waals surface area contributed by atoms with Crippen molar-refractivity contribution in [2.75, 3.05) is 26.0 Å². The van der Waals surface area contributed by atoms with Crippen LogP contribution in [-0.2, 0) is 0 Å². The molecular formula is C21H23N3OS. The van der Waals surface area contributed by atoms with Gasteiger partial charge in [0.1, 0.15) is 0 Å². The number of nitrogens with zero attached hydrogens (tertiary/aromatic N) is 1. The van der Waals surface area contributed by atoms with Crippen LogP contribution < -0.4 is 10.6 Å². The van der Waals surface area contributed by atoms with Gasteiger partial charge in [0, 0.05) is 12.2 Å². The molecule has 5 heteroatoms. The van der Waals surface area contributed by atoms with Crippen molar-refractivity contribution in [2.24, 2.45) is 0 Å². The lowest BCUT2D eigenvalue weighted by atomic mass is 10.1. The van der Waals surface area contributed by atoms with Crippen LogP contribution in [0.25, 0.3) is 0 Å². The molecule has 4 nitrogen and oxygen atoms in total. The average molecular weight is 366 g/mol. The van der Waals surface area contributed by atoms with Crippen molar-refractivity contribution in [1.82, 2.24) is 10.2 Å². The first-order valence-electron chi connectivity index (χ1n) is 8.53. The number of para-hydroxylation sites is 2. The summed E-state index contributed by atoms with van der Waals surface area (Å²) < 4.78 is 0. The van der Waals surface area contributed by atoms with Crippen LogP contribution in [0.3, 0.4) is 0 Å². The van der Waals surface area contributed by atoms with E-state index in [0.29, 0.717) is 12.1 Å². The molecule has 3 rings (SSSR count). The minimum atomic E-state index is -0.0777. The zero-order chi connectivity index (χ0) is 18.4. The first kappa shape index (κ1) is 18.2. The Labute approximate surface area is 158 Å². The zero-order valence-corrected chi connectivity index (χ0v) is 15.8. The second-order valence-corrected chi connectivity index (χ2v) is 7.06. The summed E-state index contributed by atoms with van der Waals surface area (Å²) in [4.78, 5) is 14.9. The lowest BCUT2D eigenvalue weighted by Gasteiger charge is -2.24. The van der Waals surface area contributed by atoms with Gasteiger partial charge in [-0.2, -0.15) is 11.3 Å². The molecule has 2 aromatic carbocycles. The molecular weight excluding hydrogens is 342 g/mol. The summed E-state index contributed by atoms with van der Waals surface area (Å²) in [6.07, 6.45) is 0. The molecule has 1 aromatic heterocycles. The van der Waals surface area contributed by atoms with Crippen LogP contribution in [0.1, 0.15) is 22.0 Å². The number of benzene rings is 2. The van der Waals surface area contributed by atoms with E-state index in [2.05, 4.69) is 32.4 Å². The van der Waals surface area contributed by atoms with Gasteiger partial charge in [-0.1, -0.05) is 30.3 Å². The molecule has 0 fully saturated rings. The van der Waals surface area contributed by atoms with E-state index in [4.69, 9.17) is 0 Å². The summed E-state index contributed by atoms with van der Waals surface area (Å²) in [6, 6.07) is 19.7. The molecule has 0 radical (unpaired) electrons. The van der Waals surface area contributed by atoms with Crippen LogP contribution in [-0.4, -0.2) is 31.4 Å². The summed E-state index contributed by atoms with van der Waals surface area (Å²) >= 11 is 1.67. The summed E-state index contributed by atoms with van der Waals surface area (Å²) in [5.74, 6) is -0.0777. The van der Waals surface area contributed by atoms with Gasteiger partial charge in [-0.15, -0.1) is 0 Å². The fourth-order valence-electron chi connectivity index (χ4n) is 2.81. The first-order chi connectivity index (χ1) is 12.6. The van der Waals surface area contributed by atoms with E-state index >= 15 is 0 Å². The number of hydrogen-bond acceptors (Lipinski definition) is 4. The lowest BCUT2D eigenvalue weighted by Crippen LogP contribution is -2.34. The minimum absolute atomic E-state index is 0.0777. The summed E-state index contributed by atoms with van der Waals surface area (Å²) in [7, 11) is 4.05. The highest BCUT2D eigenvalue weighted by molar-refractivity contribution is 7.07. The maximum atomic E-state index is 12.8. The van der Waals surface area contributed by atoms with Crippen molar-refractivity contribution >= 4 is 28.6 Å². The quantitative estimate of drug-likeness (QED) is 0.647. The number of anilines is 2. The van der Waals surface area contributed by atoms with Crippen LogP contribution >= 0.6 is 11.3 Å². The van der Waals surface area contributed by atoms with E-state index in [1.165, 1.54) is 5.56 Å². The monoisotopic (exact) mass is 365 g/mol. The molecule has 1 unspecified atom stereocenters. The van der Waals surface area contributed by atoms with E-state index in [-0.39, 0.29) is 11.9 Å². The molecule has 0 bridgehead atoms. The number of rotatable bonds is 7. The van der Waals surface area contributed by atoms with Gasteiger partial charge < -0.3 is 15.5 Å². The van der Waals surface area contributed by atoms with E-state index < -0.39 is 0 Å². The molecule has 1 heterocycles. The SMILES string of the molecule is CN(C)C(CNC(=O)c1ccccc1Nc1ccccc1)c1ccsc1. The largest absolute Gasteiger partial charge is 0.355 e. The number of carbonyl (C=O) groups is 1. The van der Waals surface area contributed by atoms with Crippen LogP contribution in [0.4, 0.5) is 11.4 Å². The van der Waals surface area contributed by atoms with Gasteiger partial charge in [0.05, 0.1) is 17.3 Å². The Bertz CT molecular complexity index is 831. The van der Waals surface area contributed by atoms with E-state index in [0.717, 1.165) is 11.4 Å². The predicted molar refractivity (Wildman–Crippen MR) is 109 cm³/mol. The highest BCUT2D eigenvalue weighted by Crippen LogP contribution is 2.22. The summed E-state index contributed by atoms with van der Waals surface area (Å²) in [5, 5.41) is 10.6. The number of thiophene rings is 1. The number of hydrogen-bond donors (Lipinski definition) is 2. The van der Waals surface area contributed by atoms with Crippen molar-refractivity contribution in [3.63, 3.8) is 0 Å². The fraction of sp³-hybridized carbons (Fsp3) is 0.190. The van der Waals surface area contributed by atoms with E-state index in [1.54, 1.807) is 11.3 Å². The molecule has 26 heavy (non-hydrogen) atoms. The van der Waals surface area contributed by atoms with Crippen molar-refractivity contribution in [3.05, 3.63) is 82.6 Å². The molecule has 0 saturated heterocycles. The van der Waals surface area contributed by atoms with E-state index in [1.807, 2.05) is 68.7 Å². The predicted octanol–water partition coefficient (Wildman–Crippen LogP) is 4.52. The maximum Gasteiger partial charge on any atom is 0.253 e. The first-order valence-corrected chi connectivity index (χ1v) is 9.47. The van der Waals surface area contributed by atoms with Gasteiger partial charge in [0.2, 0.25) is 0 Å². The molecule has 134 valence electrons. The highest BCUT2D eigenvalue weighted by atomic mass is 32.1.